The first-order valence-corrected chi connectivity index (χ1v) is 4.73. The van der Waals surface area contributed by atoms with Crippen molar-refractivity contribution >= 4 is 23.3 Å². The topological polar surface area (TPSA) is 64.3 Å². The fourth-order valence-electron chi connectivity index (χ4n) is 1.28. The van der Waals surface area contributed by atoms with E-state index in [0.717, 1.165) is 6.42 Å². The van der Waals surface area contributed by atoms with Gasteiger partial charge in [-0.3, -0.25) is 0 Å². The maximum absolute atomic E-state index is 10.7. The summed E-state index contributed by atoms with van der Waals surface area (Å²) in [5.74, 6) is 0.306. The molecule has 1 rings (SSSR count). The Kier molecular flexibility index (Phi) is 3.48. The quantitative estimate of drug-likeness (QED) is 0.662. The van der Waals surface area contributed by atoms with Crippen LogP contribution in [0.25, 0.3) is 0 Å². The Labute approximate surface area is 82.8 Å². The molecular formula is C8H14N2O2S. The number of ether oxygens (including phenoxy) is 1. The van der Waals surface area contributed by atoms with Gasteiger partial charge in [-0.1, -0.05) is 19.1 Å². The van der Waals surface area contributed by atoms with Crippen LogP contribution < -0.4 is 11.1 Å². The van der Waals surface area contributed by atoms with Crippen molar-refractivity contribution in [2.24, 2.45) is 11.7 Å². The van der Waals surface area contributed by atoms with Crippen LogP contribution in [0.3, 0.4) is 0 Å². The van der Waals surface area contributed by atoms with Gasteiger partial charge < -0.3 is 15.8 Å². The molecule has 1 aliphatic rings. The number of hydrogen-bond acceptors (Lipinski definition) is 3. The lowest BCUT2D eigenvalue weighted by molar-refractivity contribution is 0.108. The number of thiocarbonyl (C=S) groups is 1. The molecule has 0 aromatic carbocycles. The summed E-state index contributed by atoms with van der Waals surface area (Å²) in [4.78, 5) is 11.2. The zero-order valence-electron chi connectivity index (χ0n) is 7.58. The maximum Gasteiger partial charge on any atom is 0.407 e. The molecule has 2 unspecified atom stereocenters. The van der Waals surface area contributed by atoms with E-state index in [1.807, 2.05) is 6.92 Å². The van der Waals surface area contributed by atoms with Crippen molar-refractivity contribution < 1.29 is 9.53 Å². The van der Waals surface area contributed by atoms with Crippen molar-refractivity contribution in [1.82, 2.24) is 5.32 Å². The first-order valence-electron chi connectivity index (χ1n) is 4.32. The molecule has 5 heteroatoms. The fourth-order valence-corrected chi connectivity index (χ4v) is 1.40. The van der Waals surface area contributed by atoms with E-state index in [0.29, 0.717) is 23.9 Å². The number of alkyl carbamates (subject to hydrolysis) is 1. The predicted molar refractivity (Wildman–Crippen MR) is 53.5 cm³/mol. The minimum Gasteiger partial charge on any atom is -0.444 e. The highest BCUT2D eigenvalue weighted by Crippen LogP contribution is 2.16. The molecule has 2 atom stereocenters. The van der Waals surface area contributed by atoms with Crippen LogP contribution >= 0.6 is 12.2 Å². The summed E-state index contributed by atoms with van der Waals surface area (Å²) < 4.78 is 5.02. The molecule has 3 N–H and O–H groups in total. The lowest BCUT2D eigenvalue weighted by Gasteiger charge is -2.15. The predicted octanol–water partition coefficient (Wildman–Crippen LogP) is 0.797. The standard InChI is InChI=1S/C8H14N2O2S/c1-5(2-3-7(9)13)6-4-10-8(11)12-6/h5-6H,2-4H2,1H3,(H2,9,13)(H,10,11). The minimum atomic E-state index is -0.327. The molecule has 0 aliphatic carbocycles. The molecular weight excluding hydrogens is 188 g/mol. The Bertz CT molecular complexity index is 220. The van der Waals surface area contributed by atoms with Crippen LogP contribution in [0.1, 0.15) is 19.8 Å². The lowest BCUT2D eigenvalue weighted by Crippen LogP contribution is -2.23. The molecule has 0 bridgehead atoms. The van der Waals surface area contributed by atoms with E-state index in [1.54, 1.807) is 0 Å². The molecule has 1 saturated heterocycles. The zero-order valence-corrected chi connectivity index (χ0v) is 8.39. The van der Waals surface area contributed by atoms with Crippen molar-refractivity contribution in [1.29, 1.82) is 0 Å². The average molecular weight is 202 g/mol. The third-order valence-corrected chi connectivity index (χ3v) is 2.39. The van der Waals surface area contributed by atoms with Gasteiger partial charge in [0.1, 0.15) is 6.10 Å². The van der Waals surface area contributed by atoms with Gasteiger partial charge in [0.2, 0.25) is 0 Å². The van der Waals surface area contributed by atoms with E-state index in [4.69, 9.17) is 22.7 Å². The molecule has 0 spiro atoms. The number of carbonyl (C=O) groups is 1. The fraction of sp³-hybridized carbons (Fsp3) is 0.750. The molecule has 1 aliphatic heterocycles. The van der Waals surface area contributed by atoms with E-state index < -0.39 is 0 Å². The molecule has 74 valence electrons. The zero-order chi connectivity index (χ0) is 9.84. The summed E-state index contributed by atoms with van der Waals surface area (Å²) in [5, 5.41) is 2.61. The number of amides is 1. The summed E-state index contributed by atoms with van der Waals surface area (Å²) in [7, 11) is 0. The number of carbonyl (C=O) groups excluding carboxylic acids is 1. The Morgan fingerprint density at radius 3 is 3.08 bits per heavy atom. The maximum atomic E-state index is 10.7. The summed E-state index contributed by atoms with van der Waals surface area (Å²) >= 11 is 4.77. The number of hydrogen-bond donors (Lipinski definition) is 2. The van der Waals surface area contributed by atoms with Gasteiger partial charge in [-0.2, -0.15) is 0 Å². The SMILES string of the molecule is CC(CCC(N)=S)C1CNC(=O)O1. The van der Waals surface area contributed by atoms with Crippen LogP contribution in [-0.4, -0.2) is 23.7 Å². The minimum absolute atomic E-state index is 0.0261. The van der Waals surface area contributed by atoms with Gasteiger partial charge in [0.25, 0.3) is 0 Å². The highest BCUT2D eigenvalue weighted by molar-refractivity contribution is 7.80. The van der Waals surface area contributed by atoms with Crippen molar-refractivity contribution in [3.05, 3.63) is 0 Å². The largest absolute Gasteiger partial charge is 0.444 e. The highest BCUT2D eigenvalue weighted by atomic mass is 32.1. The first kappa shape index (κ1) is 10.2. The van der Waals surface area contributed by atoms with Crippen LogP contribution in [0.4, 0.5) is 4.79 Å². The highest BCUT2D eigenvalue weighted by Gasteiger charge is 2.27. The molecule has 4 nitrogen and oxygen atoms in total. The summed E-state index contributed by atoms with van der Waals surface area (Å²) in [6, 6.07) is 0. The Morgan fingerprint density at radius 2 is 2.62 bits per heavy atom. The Hall–Kier alpha value is -0.840. The summed E-state index contributed by atoms with van der Waals surface area (Å²) in [6.45, 7) is 2.63. The second-order valence-corrected chi connectivity index (χ2v) is 3.83. The third kappa shape index (κ3) is 3.18. The van der Waals surface area contributed by atoms with Gasteiger partial charge in [0.15, 0.2) is 0 Å². The van der Waals surface area contributed by atoms with E-state index >= 15 is 0 Å². The molecule has 0 aromatic rings. The van der Waals surface area contributed by atoms with Gasteiger partial charge in [0, 0.05) is 0 Å². The van der Waals surface area contributed by atoms with Crippen molar-refractivity contribution in [3.8, 4) is 0 Å². The molecule has 0 saturated carbocycles. The van der Waals surface area contributed by atoms with E-state index in [-0.39, 0.29) is 12.2 Å². The van der Waals surface area contributed by atoms with Crippen LogP contribution in [0.5, 0.6) is 0 Å². The smallest absolute Gasteiger partial charge is 0.407 e. The molecule has 0 aromatic heterocycles. The monoisotopic (exact) mass is 202 g/mol. The van der Waals surface area contributed by atoms with Gasteiger partial charge >= 0.3 is 6.09 Å². The molecule has 1 heterocycles. The van der Waals surface area contributed by atoms with Crippen molar-refractivity contribution in [2.75, 3.05) is 6.54 Å². The van der Waals surface area contributed by atoms with E-state index in [1.165, 1.54) is 0 Å². The molecule has 0 radical (unpaired) electrons. The van der Waals surface area contributed by atoms with E-state index in [2.05, 4.69) is 5.32 Å². The van der Waals surface area contributed by atoms with Gasteiger partial charge in [-0.05, 0) is 18.8 Å². The number of rotatable bonds is 4. The van der Waals surface area contributed by atoms with Crippen molar-refractivity contribution in [3.63, 3.8) is 0 Å². The molecule has 13 heavy (non-hydrogen) atoms. The second-order valence-electron chi connectivity index (χ2n) is 3.31. The van der Waals surface area contributed by atoms with Crippen LogP contribution in [0.2, 0.25) is 0 Å². The lowest BCUT2D eigenvalue weighted by atomic mass is 9.99. The van der Waals surface area contributed by atoms with Gasteiger partial charge in [-0.25, -0.2) is 4.79 Å². The second kappa shape index (κ2) is 4.41. The average Bonchev–Trinajstić information content (AvgIpc) is 2.47. The van der Waals surface area contributed by atoms with Crippen LogP contribution in [0.15, 0.2) is 0 Å². The van der Waals surface area contributed by atoms with Crippen LogP contribution in [0, 0.1) is 5.92 Å². The number of nitrogens with one attached hydrogen (secondary N) is 1. The van der Waals surface area contributed by atoms with E-state index in [9.17, 15) is 4.79 Å². The normalized spacial score (nSPS) is 23.5. The Balaban J connectivity index is 2.27. The number of nitrogens with two attached hydrogens (primary N) is 1. The molecule has 1 amide bonds. The molecule has 1 fully saturated rings. The third-order valence-electron chi connectivity index (χ3n) is 2.19. The van der Waals surface area contributed by atoms with Crippen LogP contribution in [-0.2, 0) is 4.74 Å². The summed E-state index contributed by atoms with van der Waals surface area (Å²) in [6.07, 6.45) is 1.23. The summed E-state index contributed by atoms with van der Waals surface area (Å²) in [5.41, 5.74) is 5.37. The van der Waals surface area contributed by atoms with Gasteiger partial charge in [-0.15, -0.1) is 0 Å². The van der Waals surface area contributed by atoms with Crippen molar-refractivity contribution in [2.45, 2.75) is 25.9 Å². The first-order chi connectivity index (χ1) is 6.09. The van der Waals surface area contributed by atoms with Gasteiger partial charge in [0.05, 0.1) is 11.5 Å². The number of cyclic esters (lactones) is 1. The Morgan fingerprint density at radius 1 is 1.92 bits per heavy atom.